The first-order valence-electron chi connectivity index (χ1n) is 5.15. The maximum atomic E-state index is 11.5. The summed E-state index contributed by atoms with van der Waals surface area (Å²) in [5.41, 5.74) is 9.06. The van der Waals surface area contributed by atoms with Crippen molar-refractivity contribution in [2.75, 3.05) is 5.73 Å². The second kappa shape index (κ2) is 4.19. The van der Waals surface area contributed by atoms with Gasteiger partial charge in [0, 0.05) is 16.8 Å². The average Bonchev–Trinajstić information content (AvgIpc) is 2.29. The Morgan fingerprint density at radius 1 is 1.00 bits per heavy atom. The van der Waals surface area contributed by atoms with Crippen LogP contribution < -0.4 is 5.73 Å². The van der Waals surface area contributed by atoms with Crippen LogP contribution in [0.5, 0.6) is 0 Å². The standard InChI is InChI=1S/C14H13NO/c1-10(16)12-8-5-9-13(15)14(12)11-6-3-2-4-7-11/h2-9H,15H2,1H3. The molecule has 0 amide bonds. The highest BCUT2D eigenvalue weighted by molar-refractivity contribution is 6.03. The lowest BCUT2D eigenvalue weighted by Gasteiger charge is -2.10. The molecule has 16 heavy (non-hydrogen) atoms. The fraction of sp³-hybridized carbons (Fsp3) is 0.0714. The largest absolute Gasteiger partial charge is 0.398 e. The van der Waals surface area contributed by atoms with Gasteiger partial charge in [0.15, 0.2) is 5.78 Å². The third-order valence-electron chi connectivity index (χ3n) is 2.54. The number of rotatable bonds is 2. The van der Waals surface area contributed by atoms with Crippen LogP contribution >= 0.6 is 0 Å². The monoisotopic (exact) mass is 211 g/mol. The van der Waals surface area contributed by atoms with E-state index in [2.05, 4.69) is 0 Å². The average molecular weight is 211 g/mol. The summed E-state index contributed by atoms with van der Waals surface area (Å²) < 4.78 is 0. The van der Waals surface area contributed by atoms with Crippen LogP contribution in [0.3, 0.4) is 0 Å². The normalized spacial score (nSPS) is 10.1. The summed E-state index contributed by atoms with van der Waals surface area (Å²) in [6.45, 7) is 1.56. The third-order valence-corrected chi connectivity index (χ3v) is 2.54. The molecular weight excluding hydrogens is 198 g/mol. The molecule has 0 unspecified atom stereocenters. The van der Waals surface area contributed by atoms with Crippen LogP contribution in [-0.2, 0) is 0 Å². The quantitative estimate of drug-likeness (QED) is 0.612. The molecule has 80 valence electrons. The van der Waals surface area contributed by atoms with Crippen molar-refractivity contribution in [2.24, 2.45) is 0 Å². The molecule has 0 aliphatic carbocycles. The highest BCUT2D eigenvalue weighted by atomic mass is 16.1. The minimum absolute atomic E-state index is 0.0335. The van der Waals surface area contributed by atoms with Crippen molar-refractivity contribution in [3.05, 3.63) is 54.1 Å². The van der Waals surface area contributed by atoms with Gasteiger partial charge in [-0.2, -0.15) is 0 Å². The van der Waals surface area contributed by atoms with Gasteiger partial charge in [0.25, 0.3) is 0 Å². The van der Waals surface area contributed by atoms with Crippen LogP contribution in [0.1, 0.15) is 17.3 Å². The van der Waals surface area contributed by atoms with Gasteiger partial charge in [-0.15, -0.1) is 0 Å². The summed E-state index contributed by atoms with van der Waals surface area (Å²) in [4.78, 5) is 11.5. The van der Waals surface area contributed by atoms with E-state index >= 15 is 0 Å². The first-order valence-corrected chi connectivity index (χ1v) is 5.15. The van der Waals surface area contributed by atoms with E-state index in [-0.39, 0.29) is 5.78 Å². The zero-order valence-corrected chi connectivity index (χ0v) is 9.10. The molecule has 0 radical (unpaired) electrons. The number of nitrogen functional groups attached to an aromatic ring is 1. The molecule has 0 atom stereocenters. The first-order chi connectivity index (χ1) is 7.70. The van der Waals surface area contributed by atoms with E-state index in [0.29, 0.717) is 11.3 Å². The number of Topliss-reactive ketones (excluding diaryl/α,β-unsaturated/α-hetero) is 1. The molecule has 2 aromatic carbocycles. The number of carbonyl (C=O) groups is 1. The second-order valence-electron chi connectivity index (χ2n) is 3.69. The predicted molar refractivity (Wildman–Crippen MR) is 66.3 cm³/mol. The lowest BCUT2D eigenvalue weighted by molar-refractivity contribution is 0.101. The van der Waals surface area contributed by atoms with E-state index in [1.807, 2.05) is 36.4 Å². The molecule has 0 spiro atoms. The molecule has 2 heteroatoms. The fourth-order valence-corrected chi connectivity index (χ4v) is 1.79. The minimum atomic E-state index is 0.0335. The Kier molecular flexibility index (Phi) is 2.73. The third kappa shape index (κ3) is 1.82. The minimum Gasteiger partial charge on any atom is -0.398 e. The van der Waals surface area contributed by atoms with Crippen molar-refractivity contribution in [1.29, 1.82) is 0 Å². The van der Waals surface area contributed by atoms with Gasteiger partial charge in [-0.25, -0.2) is 0 Å². The van der Waals surface area contributed by atoms with Gasteiger partial charge in [0.1, 0.15) is 0 Å². The molecule has 2 aromatic rings. The molecular formula is C14H13NO. The number of carbonyl (C=O) groups excluding carboxylic acids is 1. The Morgan fingerprint density at radius 3 is 2.31 bits per heavy atom. The summed E-state index contributed by atoms with van der Waals surface area (Å²) in [5.74, 6) is 0.0335. The number of anilines is 1. The molecule has 2 N–H and O–H groups in total. The van der Waals surface area contributed by atoms with Gasteiger partial charge in [-0.1, -0.05) is 42.5 Å². The van der Waals surface area contributed by atoms with E-state index < -0.39 is 0 Å². The Balaban J connectivity index is 2.68. The van der Waals surface area contributed by atoms with E-state index in [1.165, 1.54) is 0 Å². The summed E-state index contributed by atoms with van der Waals surface area (Å²) in [6, 6.07) is 15.2. The molecule has 0 bridgehead atoms. The molecule has 0 aliphatic rings. The number of hydrogen-bond donors (Lipinski definition) is 1. The smallest absolute Gasteiger partial charge is 0.160 e. The van der Waals surface area contributed by atoms with Crippen molar-refractivity contribution < 1.29 is 4.79 Å². The van der Waals surface area contributed by atoms with Crippen molar-refractivity contribution >= 4 is 11.5 Å². The van der Waals surface area contributed by atoms with Crippen LogP contribution in [0, 0.1) is 0 Å². The van der Waals surface area contributed by atoms with Crippen molar-refractivity contribution in [1.82, 2.24) is 0 Å². The Labute approximate surface area is 94.7 Å². The first kappa shape index (κ1) is 10.4. The van der Waals surface area contributed by atoms with Crippen molar-refractivity contribution in [3.63, 3.8) is 0 Å². The number of hydrogen-bond acceptors (Lipinski definition) is 2. The second-order valence-corrected chi connectivity index (χ2v) is 3.69. The maximum absolute atomic E-state index is 11.5. The van der Waals surface area contributed by atoms with E-state index in [1.54, 1.807) is 19.1 Å². The van der Waals surface area contributed by atoms with E-state index in [4.69, 9.17) is 5.73 Å². The molecule has 0 aliphatic heterocycles. The number of ketones is 1. The lowest BCUT2D eigenvalue weighted by Crippen LogP contribution is -2.00. The Bertz CT molecular complexity index is 518. The molecule has 0 saturated carbocycles. The van der Waals surface area contributed by atoms with Gasteiger partial charge in [0.2, 0.25) is 0 Å². The highest BCUT2D eigenvalue weighted by Gasteiger charge is 2.11. The zero-order chi connectivity index (χ0) is 11.5. The van der Waals surface area contributed by atoms with Gasteiger partial charge < -0.3 is 5.73 Å². The maximum Gasteiger partial charge on any atom is 0.160 e. The fourth-order valence-electron chi connectivity index (χ4n) is 1.79. The van der Waals surface area contributed by atoms with Crippen LogP contribution in [0.25, 0.3) is 11.1 Å². The van der Waals surface area contributed by atoms with Crippen LogP contribution in [-0.4, -0.2) is 5.78 Å². The lowest BCUT2D eigenvalue weighted by atomic mass is 9.96. The predicted octanol–water partition coefficient (Wildman–Crippen LogP) is 3.14. The van der Waals surface area contributed by atoms with Crippen LogP contribution in [0.2, 0.25) is 0 Å². The van der Waals surface area contributed by atoms with Crippen molar-refractivity contribution in [3.8, 4) is 11.1 Å². The summed E-state index contributed by atoms with van der Waals surface area (Å²) in [6.07, 6.45) is 0. The molecule has 2 rings (SSSR count). The zero-order valence-electron chi connectivity index (χ0n) is 9.10. The molecule has 0 fully saturated rings. The van der Waals surface area contributed by atoms with E-state index in [0.717, 1.165) is 11.1 Å². The Hall–Kier alpha value is -2.09. The number of benzene rings is 2. The molecule has 0 aromatic heterocycles. The molecule has 2 nitrogen and oxygen atoms in total. The van der Waals surface area contributed by atoms with Gasteiger partial charge in [-0.3, -0.25) is 4.79 Å². The summed E-state index contributed by atoms with van der Waals surface area (Å²) in [7, 11) is 0. The molecule has 0 heterocycles. The highest BCUT2D eigenvalue weighted by Crippen LogP contribution is 2.29. The van der Waals surface area contributed by atoms with E-state index in [9.17, 15) is 4.79 Å². The topological polar surface area (TPSA) is 43.1 Å². The van der Waals surface area contributed by atoms with Crippen molar-refractivity contribution in [2.45, 2.75) is 6.92 Å². The van der Waals surface area contributed by atoms with Gasteiger partial charge in [0.05, 0.1) is 0 Å². The van der Waals surface area contributed by atoms with Gasteiger partial charge >= 0.3 is 0 Å². The number of nitrogens with two attached hydrogens (primary N) is 1. The SMILES string of the molecule is CC(=O)c1cccc(N)c1-c1ccccc1. The van der Waals surface area contributed by atoms with Crippen LogP contribution in [0.15, 0.2) is 48.5 Å². The molecule has 0 saturated heterocycles. The van der Waals surface area contributed by atoms with Gasteiger partial charge in [-0.05, 0) is 18.6 Å². The van der Waals surface area contributed by atoms with Crippen LogP contribution in [0.4, 0.5) is 5.69 Å². The summed E-state index contributed by atoms with van der Waals surface area (Å²) in [5, 5.41) is 0. The Morgan fingerprint density at radius 2 is 1.69 bits per heavy atom. The summed E-state index contributed by atoms with van der Waals surface area (Å²) >= 11 is 0.